The Kier molecular flexibility index (Phi) is 4.37. The third-order valence-corrected chi connectivity index (χ3v) is 3.19. The van der Waals surface area contributed by atoms with Crippen LogP contribution in [0, 0.1) is 17.7 Å². The van der Waals surface area contributed by atoms with Crippen LogP contribution < -0.4 is 0 Å². The lowest BCUT2D eigenvalue weighted by Crippen LogP contribution is -2.16. The molecule has 102 valence electrons. The predicted molar refractivity (Wildman–Crippen MR) is 60.4 cm³/mol. The Morgan fingerprint density at radius 3 is 2.11 bits per heavy atom. The lowest BCUT2D eigenvalue weighted by molar-refractivity contribution is -0.140. The Bertz CT molecular complexity index is 412. The van der Waals surface area contributed by atoms with Gasteiger partial charge >= 0.3 is 6.18 Å². The van der Waals surface area contributed by atoms with Crippen LogP contribution >= 0.6 is 0 Å². The van der Waals surface area contributed by atoms with Gasteiger partial charge < -0.3 is 5.11 Å². The van der Waals surface area contributed by atoms with Crippen LogP contribution in [0.25, 0.3) is 0 Å². The number of benzene rings is 1. The first kappa shape index (κ1) is 15.0. The number of aliphatic hydroxyl groups is 1. The molecule has 0 fully saturated rings. The summed E-state index contributed by atoms with van der Waals surface area (Å²) in [6, 6.07) is 2.61. The Hall–Kier alpha value is -1.10. The molecule has 1 rings (SSSR count). The molecule has 0 bridgehead atoms. The second kappa shape index (κ2) is 5.26. The Labute approximate surface area is 103 Å². The minimum absolute atomic E-state index is 0.0879. The average Bonchev–Trinajstić information content (AvgIpc) is 2.26. The first-order chi connectivity index (χ1) is 8.14. The van der Waals surface area contributed by atoms with E-state index in [0.717, 1.165) is 6.07 Å². The molecule has 0 aliphatic heterocycles. The van der Waals surface area contributed by atoms with Crippen molar-refractivity contribution in [3.8, 4) is 0 Å². The van der Waals surface area contributed by atoms with Gasteiger partial charge in [-0.25, -0.2) is 4.39 Å². The summed E-state index contributed by atoms with van der Waals surface area (Å²) < 4.78 is 50.7. The highest BCUT2D eigenvalue weighted by Crippen LogP contribution is 2.35. The minimum Gasteiger partial charge on any atom is -0.388 e. The van der Waals surface area contributed by atoms with Crippen molar-refractivity contribution in [1.29, 1.82) is 0 Å². The van der Waals surface area contributed by atoms with Gasteiger partial charge in [0.25, 0.3) is 0 Å². The zero-order valence-corrected chi connectivity index (χ0v) is 10.4. The summed E-state index contributed by atoms with van der Waals surface area (Å²) in [5.41, 5.74) is -1.25. The highest BCUT2D eigenvalue weighted by Gasteiger charge is 2.35. The molecule has 0 heterocycles. The van der Waals surface area contributed by atoms with E-state index < -0.39 is 23.7 Å². The summed E-state index contributed by atoms with van der Waals surface area (Å²) in [5, 5.41) is 9.95. The molecule has 2 atom stereocenters. The van der Waals surface area contributed by atoms with Gasteiger partial charge in [-0.15, -0.1) is 0 Å². The van der Waals surface area contributed by atoms with Crippen LogP contribution in [0.5, 0.6) is 0 Å². The highest BCUT2D eigenvalue weighted by molar-refractivity contribution is 5.29. The van der Waals surface area contributed by atoms with Crippen molar-refractivity contribution >= 4 is 0 Å². The largest absolute Gasteiger partial charge is 0.419 e. The molecular weight excluding hydrogens is 248 g/mol. The monoisotopic (exact) mass is 264 g/mol. The van der Waals surface area contributed by atoms with Crippen molar-refractivity contribution < 1.29 is 22.7 Å². The number of rotatable bonds is 3. The normalized spacial score (nSPS) is 15.8. The maximum atomic E-state index is 13.1. The molecule has 5 heteroatoms. The lowest BCUT2D eigenvalue weighted by Gasteiger charge is -2.23. The topological polar surface area (TPSA) is 20.2 Å². The fourth-order valence-electron chi connectivity index (χ4n) is 1.61. The number of alkyl halides is 3. The zero-order chi connectivity index (χ0) is 14.1. The summed E-state index contributed by atoms with van der Waals surface area (Å²) >= 11 is 0. The summed E-state index contributed by atoms with van der Waals surface area (Å²) in [6.45, 7) is 5.47. The van der Waals surface area contributed by atoms with Crippen LogP contribution in [0.1, 0.15) is 38.0 Å². The molecule has 0 aliphatic rings. The third-order valence-electron chi connectivity index (χ3n) is 3.19. The summed E-state index contributed by atoms with van der Waals surface area (Å²) in [7, 11) is 0. The number of halogens is 4. The van der Waals surface area contributed by atoms with Crippen LogP contribution in [-0.2, 0) is 6.18 Å². The van der Waals surface area contributed by atoms with Crippen molar-refractivity contribution in [1.82, 2.24) is 0 Å². The van der Waals surface area contributed by atoms with Crippen molar-refractivity contribution in [2.75, 3.05) is 0 Å². The van der Waals surface area contributed by atoms with Crippen molar-refractivity contribution in [2.45, 2.75) is 33.1 Å². The van der Waals surface area contributed by atoms with E-state index in [1.54, 1.807) is 6.92 Å². The van der Waals surface area contributed by atoms with Crippen LogP contribution in [0.2, 0.25) is 0 Å². The fraction of sp³-hybridized carbons (Fsp3) is 0.538. The van der Waals surface area contributed by atoms with E-state index in [9.17, 15) is 22.7 Å². The summed E-state index contributed by atoms with van der Waals surface area (Å²) in [4.78, 5) is 0. The van der Waals surface area contributed by atoms with Gasteiger partial charge in [-0.05, 0) is 29.5 Å². The predicted octanol–water partition coefficient (Wildman–Crippen LogP) is 4.17. The van der Waals surface area contributed by atoms with E-state index in [0.29, 0.717) is 6.07 Å². The van der Waals surface area contributed by atoms with Crippen LogP contribution in [0.4, 0.5) is 17.6 Å². The molecule has 0 spiro atoms. The van der Waals surface area contributed by atoms with Crippen LogP contribution in [0.3, 0.4) is 0 Å². The number of aliphatic hydroxyl groups excluding tert-OH is 1. The molecule has 2 unspecified atom stereocenters. The standard InChI is InChI=1S/C13H16F4O/c1-7(2)8(3)12(18)9-4-5-11(14)10(6-9)13(15,16)17/h4-8,12,18H,1-3H3. The molecule has 18 heavy (non-hydrogen) atoms. The van der Waals surface area contributed by atoms with Gasteiger partial charge in [0, 0.05) is 0 Å². The third kappa shape index (κ3) is 3.22. The van der Waals surface area contributed by atoms with Crippen LogP contribution in [0.15, 0.2) is 18.2 Å². The van der Waals surface area contributed by atoms with Crippen molar-refractivity contribution in [3.63, 3.8) is 0 Å². The van der Waals surface area contributed by atoms with E-state index in [1.807, 2.05) is 13.8 Å². The van der Waals surface area contributed by atoms with E-state index in [2.05, 4.69) is 0 Å². The molecule has 0 saturated carbocycles. The highest BCUT2D eigenvalue weighted by atomic mass is 19.4. The Morgan fingerprint density at radius 1 is 1.11 bits per heavy atom. The van der Waals surface area contributed by atoms with E-state index in [-0.39, 0.29) is 17.4 Å². The first-order valence-corrected chi connectivity index (χ1v) is 5.69. The van der Waals surface area contributed by atoms with Gasteiger partial charge in [0.2, 0.25) is 0 Å². The molecular formula is C13H16F4O. The van der Waals surface area contributed by atoms with E-state index in [1.165, 1.54) is 6.07 Å². The van der Waals surface area contributed by atoms with Crippen LogP contribution in [-0.4, -0.2) is 5.11 Å². The quantitative estimate of drug-likeness (QED) is 0.812. The molecule has 0 aliphatic carbocycles. The SMILES string of the molecule is CC(C)C(C)C(O)c1ccc(F)c(C(F)(F)F)c1. The number of hydrogen-bond acceptors (Lipinski definition) is 1. The van der Waals surface area contributed by atoms with Crippen molar-refractivity contribution in [3.05, 3.63) is 35.1 Å². The summed E-state index contributed by atoms with van der Waals surface area (Å²) in [6.07, 6.45) is -5.78. The average molecular weight is 264 g/mol. The molecule has 1 N–H and O–H groups in total. The van der Waals surface area contributed by atoms with Gasteiger partial charge in [-0.3, -0.25) is 0 Å². The minimum atomic E-state index is -4.75. The second-order valence-electron chi connectivity index (χ2n) is 4.79. The maximum Gasteiger partial charge on any atom is 0.419 e. The first-order valence-electron chi connectivity index (χ1n) is 5.69. The molecule has 0 radical (unpaired) electrons. The molecule has 1 nitrogen and oxygen atoms in total. The fourth-order valence-corrected chi connectivity index (χ4v) is 1.61. The van der Waals surface area contributed by atoms with E-state index in [4.69, 9.17) is 0 Å². The molecule has 0 saturated heterocycles. The zero-order valence-electron chi connectivity index (χ0n) is 10.4. The summed E-state index contributed by atoms with van der Waals surface area (Å²) in [5.74, 6) is -1.42. The van der Waals surface area contributed by atoms with Gasteiger partial charge in [0.15, 0.2) is 0 Å². The molecule has 0 aromatic heterocycles. The number of hydrogen-bond donors (Lipinski definition) is 1. The van der Waals surface area contributed by atoms with Crippen molar-refractivity contribution in [2.24, 2.45) is 11.8 Å². The second-order valence-corrected chi connectivity index (χ2v) is 4.79. The smallest absolute Gasteiger partial charge is 0.388 e. The van der Waals surface area contributed by atoms with Gasteiger partial charge in [-0.1, -0.05) is 26.8 Å². The Balaban J connectivity index is 3.13. The molecule has 1 aromatic carbocycles. The Morgan fingerprint density at radius 2 is 1.67 bits per heavy atom. The van der Waals surface area contributed by atoms with Gasteiger partial charge in [0.1, 0.15) is 5.82 Å². The lowest BCUT2D eigenvalue weighted by atomic mass is 9.87. The molecule has 1 aromatic rings. The van der Waals surface area contributed by atoms with E-state index >= 15 is 0 Å². The maximum absolute atomic E-state index is 13.1. The van der Waals surface area contributed by atoms with Gasteiger partial charge in [-0.2, -0.15) is 13.2 Å². The van der Waals surface area contributed by atoms with Gasteiger partial charge in [0.05, 0.1) is 11.7 Å². The molecule has 0 amide bonds.